The number of carbonyl (C=O) groups excluding carboxylic acids is 1. The fourth-order valence-corrected chi connectivity index (χ4v) is 2.26. The van der Waals surface area contributed by atoms with Crippen LogP contribution in [0.1, 0.15) is 29.3 Å². The first-order valence-corrected chi connectivity index (χ1v) is 7.81. The highest BCUT2D eigenvalue weighted by Crippen LogP contribution is 2.20. The highest BCUT2D eigenvalue weighted by Gasteiger charge is 2.11. The summed E-state index contributed by atoms with van der Waals surface area (Å²) >= 11 is 3.38. The minimum Gasteiger partial charge on any atom is -0.384 e. The molecule has 21 heavy (non-hydrogen) atoms. The summed E-state index contributed by atoms with van der Waals surface area (Å²) in [4.78, 5) is 12.4. The lowest BCUT2D eigenvalue weighted by molar-refractivity contribution is 0.102. The zero-order chi connectivity index (χ0) is 15.2. The fourth-order valence-electron chi connectivity index (χ4n) is 1.99. The number of hydrogen-bond donors (Lipinski definition) is 2. The number of anilines is 2. The average molecular weight is 347 g/mol. The summed E-state index contributed by atoms with van der Waals surface area (Å²) < 4.78 is 0.987. The smallest absolute Gasteiger partial charge is 0.257 e. The third-order valence-corrected chi connectivity index (χ3v) is 3.62. The quantitative estimate of drug-likeness (QED) is 0.813. The predicted molar refractivity (Wildman–Crippen MR) is 92.1 cm³/mol. The van der Waals surface area contributed by atoms with Crippen molar-refractivity contribution in [2.75, 3.05) is 17.2 Å². The minimum atomic E-state index is -0.101. The summed E-state index contributed by atoms with van der Waals surface area (Å²) in [5.41, 5.74) is 3.46. The lowest BCUT2D eigenvalue weighted by Crippen LogP contribution is -2.15. The molecule has 1 amide bonds. The maximum Gasteiger partial charge on any atom is 0.257 e. The number of amides is 1. The number of nitrogens with one attached hydrogen (secondary N) is 2. The van der Waals surface area contributed by atoms with Crippen molar-refractivity contribution in [1.82, 2.24) is 0 Å². The molecule has 3 nitrogen and oxygen atoms in total. The number of aryl methyl sites for hydroxylation is 1. The molecule has 0 bridgehead atoms. The van der Waals surface area contributed by atoms with E-state index in [-0.39, 0.29) is 5.91 Å². The van der Waals surface area contributed by atoms with Gasteiger partial charge in [-0.05, 0) is 55.3 Å². The molecule has 0 saturated heterocycles. The van der Waals surface area contributed by atoms with Gasteiger partial charge < -0.3 is 10.6 Å². The molecule has 0 atom stereocenters. The maximum atomic E-state index is 12.4. The van der Waals surface area contributed by atoms with Crippen LogP contribution in [-0.2, 0) is 0 Å². The Labute approximate surface area is 133 Å². The number of hydrogen-bond acceptors (Lipinski definition) is 2. The largest absolute Gasteiger partial charge is 0.384 e. The SMILES string of the molecule is CCCNc1cc(C)ccc1C(=O)Nc1ccc(Br)cc1. The van der Waals surface area contributed by atoms with Gasteiger partial charge in [-0.1, -0.05) is 28.9 Å². The summed E-state index contributed by atoms with van der Waals surface area (Å²) in [6, 6.07) is 13.4. The normalized spacial score (nSPS) is 10.2. The van der Waals surface area contributed by atoms with Crippen LogP contribution in [0.4, 0.5) is 11.4 Å². The van der Waals surface area contributed by atoms with Gasteiger partial charge in [-0.2, -0.15) is 0 Å². The molecule has 0 aromatic heterocycles. The number of carbonyl (C=O) groups is 1. The number of benzene rings is 2. The van der Waals surface area contributed by atoms with Gasteiger partial charge in [-0.15, -0.1) is 0 Å². The van der Waals surface area contributed by atoms with Crippen molar-refractivity contribution in [3.63, 3.8) is 0 Å². The highest BCUT2D eigenvalue weighted by atomic mass is 79.9. The van der Waals surface area contributed by atoms with Crippen LogP contribution < -0.4 is 10.6 Å². The summed E-state index contributed by atoms with van der Waals surface area (Å²) in [6.07, 6.45) is 1.02. The van der Waals surface area contributed by atoms with E-state index in [0.29, 0.717) is 5.56 Å². The monoisotopic (exact) mass is 346 g/mol. The van der Waals surface area contributed by atoms with Crippen LogP contribution in [0.5, 0.6) is 0 Å². The molecule has 2 N–H and O–H groups in total. The average Bonchev–Trinajstić information content (AvgIpc) is 2.47. The van der Waals surface area contributed by atoms with Crippen LogP contribution in [0.2, 0.25) is 0 Å². The van der Waals surface area contributed by atoms with E-state index < -0.39 is 0 Å². The molecule has 0 aliphatic rings. The molecule has 0 saturated carbocycles. The lowest BCUT2D eigenvalue weighted by atomic mass is 10.1. The Morgan fingerprint density at radius 2 is 1.86 bits per heavy atom. The van der Waals surface area contributed by atoms with Gasteiger partial charge in [0.25, 0.3) is 5.91 Å². The highest BCUT2D eigenvalue weighted by molar-refractivity contribution is 9.10. The molecule has 0 fully saturated rings. The molecule has 0 aliphatic heterocycles. The third-order valence-electron chi connectivity index (χ3n) is 3.09. The van der Waals surface area contributed by atoms with Gasteiger partial charge in [0.05, 0.1) is 5.56 Å². The molecule has 0 spiro atoms. The van der Waals surface area contributed by atoms with Gasteiger partial charge in [0, 0.05) is 22.4 Å². The molecule has 110 valence electrons. The number of halogens is 1. The van der Waals surface area contributed by atoms with E-state index in [0.717, 1.165) is 34.4 Å². The summed E-state index contributed by atoms with van der Waals surface area (Å²) in [5.74, 6) is -0.101. The Balaban J connectivity index is 2.19. The maximum absolute atomic E-state index is 12.4. The van der Waals surface area contributed by atoms with Crippen molar-refractivity contribution in [3.05, 3.63) is 58.1 Å². The van der Waals surface area contributed by atoms with E-state index in [4.69, 9.17) is 0 Å². The van der Waals surface area contributed by atoms with Gasteiger partial charge in [0.2, 0.25) is 0 Å². The Kier molecular flexibility index (Phi) is 5.39. The van der Waals surface area contributed by atoms with E-state index in [1.165, 1.54) is 0 Å². The summed E-state index contributed by atoms with van der Waals surface area (Å²) in [5, 5.41) is 6.23. The van der Waals surface area contributed by atoms with E-state index in [9.17, 15) is 4.79 Å². The van der Waals surface area contributed by atoms with Crippen LogP contribution in [-0.4, -0.2) is 12.5 Å². The van der Waals surface area contributed by atoms with Crippen molar-refractivity contribution < 1.29 is 4.79 Å². The summed E-state index contributed by atoms with van der Waals surface area (Å²) in [6.45, 7) is 4.97. The molecular weight excluding hydrogens is 328 g/mol. The van der Waals surface area contributed by atoms with Crippen molar-refractivity contribution in [1.29, 1.82) is 0 Å². The standard InChI is InChI=1S/C17H19BrN2O/c1-3-10-19-16-11-12(2)4-9-15(16)17(21)20-14-7-5-13(18)6-8-14/h4-9,11,19H,3,10H2,1-2H3,(H,20,21). The van der Waals surface area contributed by atoms with Crippen molar-refractivity contribution >= 4 is 33.2 Å². The van der Waals surface area contributed by atoms with Gasteiger partial charge >= 0.3 is 0 Å². The van der Waals surface area contributed by atoms with E-state index >= 15 is 0 Å². The van der Waals surface area contributed by atoms with Gasteiger partial charge in [-0.25, -0.2) is 0 Å². The molecule has 0 heterocycles. The van der Waals surface area contributed by atoms with E-state index in [1.54, 1.807) is 0 Å². The minimum absolute atomic E-state index is 0.101. The molecule has 0 radical (unpaired) electrons. The van der Waals surface area contributed by atoms with E-state index in [2.05, 4.69) is 33.5 Å². The Bertz CT molecular complexity index is 623. The fraction of sp³-hybridized carbons (Fsp3) is 0.235. The predicted octanol–water partition coefficient (Wildman–Crippen LogP) is 4.83. The Morgan fingerprint density at radius 3 is 2.52 bits per heavy atom. The van der Waals surface area contributed by atoms with Gasteiger partial charge in [0.1, 0.15) is 0 Å². The van der Waals surface area contributed by atoms with Crippen LogP contribution in [0.25, 0.3) is 0 Å². The molecule has 2 rings (SSSR count). The van der Waals surface area contributed by atoms with E-state index in [1.807, 2.05) is 49.4 Å². The molecule has 0 aliphatic carbocycles. The van der Waals surface area contributed by atoms with Crippen LogP contribution in [0.3, 0.4) is 0 Å². The second-order valence-corrected chi connectivity index (χ2v) is 5.85. The molecule has 2 aromatic carbocycles. The Hall–Kier alpha value is -1.81. The summed E-state index contributed by atoms with van der Waals surface area (Å²) in [7, 11) is 0. The first-order valence-electron chi connectivity index (χ1n) is 7.01. The van der Waals surface area contributed by atoms with Crippen molar-refractivity contribution in [3.8, 4) is 0 Å². The van der Waals surface area contributed by atoms with Gasteiger partial charge in [0.15, 0.2) is 0 Å². The first-order chi connectivity index (χ1) is 10.1. The molecule has 4 heteroatoms. The topological polar surface area (TPSA) is 41.1 Å². The molecule has 0 unspecified atom stereocenters. The zero-order valence-electron chi connectivity index (χ0n) is 12.2. The molecule has 2 aromatic rings. The third kappa shape index (κ3) is 4.33. The van der Waals surface area contributed by atoms with Crippen molar-refractivity contribution in [2.24, 2.45) is 0 Å². The van der Waals surface area contributed by atoms with Gasteiger partial charge in [-0.3, -0.25) is 4.79 Å². The zero-order valence-corrected chi connectivity index (χ0v) is 13.8. The van der Waals surface area contributed by atoms with Crippen LogP contribution >= 0.6 is 15.9 Å². The van der Waals surface area contributed by atoms with Crippen LogP contribution in [0, 0.1) is 6.92 Å². The second kappa shape index (κ2) is 7.27. The lowest BCUT2D eigenvalue weighted by Gasteiger charge is -2.13. The second-order valence-electron chi connectivity index (χ2n) is 4.94. The van der Waals surface area contributed by atoms with Crippen molar-refractivity contribution in [2.45, 2.75) is 20.3 Å². The number of rotatable bonds is 5. The van der Waals surface area contributed by atoms with Crippen LogP contribution in [0.15, 0.2) is 46.9 Å². The Morgan fingerprint density at radius 1 is 1.14 bits per heavy atom. The first kappa shape index (κ1) is 15.6. The molecular formula is C17H19BrN2O.